The van der Waals surface area contributed by atoms with Gasteiger partial charge in [0.2, 0.25) is 0 Å². The van der Waals surface area contributed by atoms with Crippen LogP contribution in [0.1, 0.15) is 25.7 Å². The maximum absolute atomic E-state index is 13.0. The fourth-order valence-electron chi connectivity index (χ4n) is 2.96. The third kappa shape index (κ3) is 6.38. The number of alkyl halides is 17. The molecule has 0 atom stereocenters. The van der Waals surface area contributed by atoms with Crippen LogP contribution in [-0.4, -0.2) is 84.0 Å². The van der Waals surface area contributed by atoms with Crippen molar-refractivity contribution < 1.29 is 92.4 Å². The molecule has 1 aliphatic rings. The first-order valence-electron chi connectivity index (χ1n) is 9.93. The van der Waals surface area contributed by atoms with Crippen LogP contribution < -0.4 is 0 Å². The molecule has 0 aromatic rings. The molecule has 40 heavy (non-hydrogen) atoms. The first-order chi connectivity index (χ1) is 17.2. The summed E-state index contributed by atoms with van der Waals surface area (Å²) in [4.78, 5) is 11.5. The zero-order valence-corrected chi connectivity index (χ0v) is 21.1. The van der Waals surface area contributed by atoms with E-state index in [1.165, 1.54) is 12.8 Å². The van der Waals surface area contributed by atoms with E-state index in [-0.39, 0.29) is 0 Å². The van der Waals surface area contributed by atoms with Gasteiger partial charge in [0.25, 0.3) is 0 Å². The summed E-state index contributed by atoms with van der Waals surface area (Å²) in [6.45, 7) is 0. The zero-order valence-electron chi connectivity index (χ0n) is 19.5. The topological polar surface area (TPSA) is 74.3 Å². The van der Waals surface area contributed by atoms with E-state index in [1.54, 1.807) is 0 Å². The van der Waals surface area contributed by atoms with Crippen molar-refractivity contribution in [2.24, 2.45) is 5.92 Å². The van der Waals surface area contributed by atoms with Gasteiger partial charge in [0.15, 0.2) is 21.7 Å². The van der Waals surface area contributed by atoms with Crippen LogP contribution in [0.25, 0.3) is 0 Å². The number of halogens is 17. The van der Waals surface area contributed by atoms with Crippen molar-refractivity contribution in [1.29, 1.82) is 0 Å². The molecule has 0 amide bonds. The van der Waals surface area contributed by atoms with E-state index in [4.69, 9.17) is 0 Å². The predicted octanol–water partition coefficient (Wildman–Crippen LogP) is 6.12. The molecular formula is C17H17F17O4S2. The summed E-state index contributed by atoms with van der Waals surface area (Å²) in [5.74, 6) is -50.4. The molecule has 23 heteroatoms. The van der Waals surface area contributed by atoms with Gasteiger partial charge < -0.3 is 4.55 Å². The number of ketones is 1. The minimum absolute atomic E-state index is 0.309. The Hall–Kier alpha value is -1.26. The standard InChI is InChI=1S/C9H17OS.C8HF17O3S/c1-11(2)7-9(10)8-5-3-4-6-8;9-1(10,3(13,14)5(17,18)7(21,22)23)2(11,12)4(15,16)6(19,20)8(24,25)29(26,27)28/h8H,3-7H2,1-2H3;(H,26,27,28)/q+1;/p-1. The molecule has 0 aliphatic heterocycles. The highest BCUT2D eigenvalue weighted by Gasteiger charge is 2.95. The van der Waals surface area contributed by atoms with Crippen LogP contribution in [0.3, 0.4) is 0 Å². The largest absolute Gasteiger partial charge is 0.743 e. The van der Waals surface area contributed by atoms with Crippen molar-refractivity contribution in [2.75, 3.05) is 18.3 Å². The number of hydrogen-bond acceptors (Lipinski definition) is 4. The molecule has 0 spiro atoms. The Labute approximate surface area is 216 Å². The Morgan fingerprint density at radius 1 is 0.650 bits per heavy atom. The molecule has 4 nitrogen and oxygen atoms in total. The SMILES string of the molecule is C[S+](C)CC(=O)C1CCCC1.O=S(=O)([O-])C(F)(F)C(F)(F)C(F)(F)C(F)(F)C(F)(F)C(F)(F)C(F)(F)C(F)(F)F. The van der Waals surface area contributed by atoms with Crippen molar-refractivity contribution in [3.8, 4) is 0 Å². The summed E-state index contributed by atoms with van der Waals surface area (Å²) in [6, 6.07) is 0. The lowest BCUT2D eigenvalue weighted by Gasteiger charge is -2.42. The van der Waals surface area contributed by atoms with Gasteiger partial charge >= 0.3 is 47.0 Å². The van der Waals surface area contributed by atoms with Gasteiger partial charge in [-0.2, -0.15) is 74.6 Å². The molecule has 0 radical (unpaired) electrons. The van der Waals surface area contributed by atoms with Gasteiger partial charge in [-0.05, 0) is 23.7 Å². The number of Topliss-reactive ketones (excluding diaryl/α,β-unsaturated/α-hetero) is 1. The number of carbonyl (C=O) groups excluding carboxylic acids is 1. The van der Waals surface area contributed by atoms with E-state index in [0.29, 0.717) is 22.6 Å². The lowest BCUT2D eigenvalue weighted by atomic mass is 9.91. The van der Waals surface area contributed by atoms with Crippen LogP contribution in [0.4, 0.5) is 74.6 Å². The molecule has 240 valence electrons. The van der Waals surface area contributed by atoms with Crippen LogP contribution >= 0.6 is 0 Å². The monoisotopic (exact) mass is 672 g/mol. The Morgan fingerprint density at radius 3 is 1.23 bits per heavy atom. The Kier molecular flexibility index (Phi) is 11.1. The summed E-state index contributed by atoms with van der Waals surface area (Å²) in [7, 11) is -7.83. The lowest BCUT2D eigenvalue weighted by Crippen LogP contribution is -2.75. The van der Waals surface area contributed by atoms with Gasteiger partial charge in [-0.1, -0.05) is 12.8 Å². The van der Waals surface area contributed by atoms with Gasteiger partial charge in [0.05, 0.1) is 12.5 Å². The van der Waals surface area contributed by atoms with Gasteiger partial charge in [0, 0.05) is 5.92 Å². The molecule has 0 heterocycles. The minimum Gasteiger partial charge on any atom is -0.743 e. The fourth-order valence-corrected chi connectivity index (χ4v) is 4.20. The summed E-state index contributed by atoms with van der Waals surface area (Å²) in [5, 5.41) is -7.95. The maximum Gasteiger partial charge on any atom is 0.460 e. The van der Waals surface area contributed by atoms with Crippen molar-refractivity contribution in [3.05, 3.63) is 0 Å². The molecule has 1 aliphatic carbocycles. The van der Waals surface area contributed by atoms with Gasteiger partial charge in [0.1, 0.15) is 0 Å². The third-order valence-corrected chi connectivity index (χ3v) is 6.99. The summed E-state index contributed by atoms with van der Waals surface area (Å²) >= 11 is 0. The summed E-state index contributed by atoms with van der Waals surface area (Å²) < 4.78 is 244. The van der Waals surface area contributed by atoms with Crippen LogP contribution in [0.5, 0.6) is 0 Å². The highest BCUT2D eigenvalue weighted by molar-refractivity contribution is 7.96. The Bertz CT molecular complexity index is 1000. The Balaban J connectivity index is 0.00000114. The number of carbonyl (C=O) groups is 1. The molecule has 1 saturated carbocycles. The molecule has 1 fully saturated rings. The second kappa shape index (κ2) is 11.4. The quantitative estimate of drug-likeness (QED) is 0.159. The van der Waals surface area contributed by atoms with E-state index in [9.17, 15) is 92.4 Å². The van der Waals surface area contributed by atoms with E-state index in [1.807, 2.05) is 0 Å². The average Bonchev–Trinajstić information content (AvgIpc) is 3.26. The third-order valence-electron chi connectivity index (χ3n) is 5.25. The van der Waals surface area contributed by atoms with E-state index < -0.39 is 57.1 Å². The molecule has 0 saturated heterocycles. The van der Waals surface area contributed by atoms with Crippen LogP contribution in [0, 0.1) is 5.92 Å². The van der Waals surface area contributed by atoms with Crippen LogP contribution in [-0.2, 0) is 25.8 Å². The summed E-state index contributed by atoms with van der Waals surface area (Å²) in [5.41, 5.74) is 0. The van der Waals surface area contributed by atoms with Crippen molar-refractivity contribution in [2.45, 2.75) is 72.6 Å². The molecule has 0 bridgehead atoms. The van der Waals surface area contributed by atoms with Crippen LogP contribution in [0.15, 0.2) is 0 Å². The lowest BCUT2D eigenvalue weighted by molar-refractivity contribution is -0.458. The number of hydrogen-bond donors (Lipinski definition) is 0. The van der Waals surface area contributed by atoms with E-state index in [2.05, 4.69) is 12.5 Å². The molecule has 0 N–H and O–H groups in total. The molecule has 0 unspecified atom stereocenters. The molecule has 1 rings (SSSR count). The predicted molar refractivity (Wildman–Crippen MR) is 101 cm³/mol. The highest BCUT2D eigenvalue weighted by atomic mass is 32.2. The van der Waals surface area contributed by atoms with Crippen molar-refractivity contribution >= 4 is 26.8 Å². The first kappa shape index (κ1) is 38.7. The minimum atomic E-state index is -8.92. The molecule has 0 aromatic heterocycles. The van der Waals surface area contributed by atoms with Gasteiger partial charge in [-0.15, -0.1) is 0 Å². The van der Waals surface area contributed by atoms with E-state index >= 15 is 0 Å². The first-order valence-corrected chi connectivity index (χ1v) is 13.6. The van der Waals surface area contributed by atoms with Crippen molar-refractivity contribution in [3.63, 3.8) is 0 Å². The molecular weight excluding hydrogens is 655 g/mol. The fraction of sp³-hybridized carbons (Fsp3) is 0.941. The smallest absolute Gasteiger partial charge is 0.460 e. The zero-order chi connectivity index (χ0) is 32.8. The molecule has 0 aromatic carbocycles. The van der Waals surface area contributed by atoms with Crippen molar-refractivity contribution in [1.82, 2.24) is 0 Å². The van der Waals surface area contributed by atoms with Gasteiger partial charge in [-0.3, -0.25) is 4.79 Å². The normalized spacial score (nSPS) is 17.6. The van der Waals surface area contributed by atoms with Crippen LogP contribution in [0.2, 0.25) is 0 Å². The van der Waals surface area contributed by atoms with Gasteiger partial charge in [-0.25, -0.2) is 8.42 Å². The van der Waals surface area contributed by atoms with E-state index in [0.717, 1.165) is 18.6 Å². The summed E-state index contributed by atoms with van der Waals surface area (Å²) in [6.07, 6.45) is 1.27. The second-order valence-electron chi connectivity index (χ2n) is 8.49. The average molecular weight is 672 g/mol. The number of rotatable bonds is 10. The second-order valence-corrected chi connectivity index (χ2v) is 12.2. The highest BCUT2D eigenvalue weighted by Crippen LogP contribution is 2.64. The Morgan fingerprint density at radius 2 is 0.950 bits per heavy atom. The maximum atomic E-state index is 13.0.